The second kappa shape index (κ2) is 5.79. The van der Waals surface area contributed by atoms with Crippen LogP contribution in [0.25, 0.3) is 10.8 Å². The van der Waals surface area contributed by atoms with E-state index in [4.69, 9.17) is 9.47 Å². The zero-order valence-corrected chi connectivity index (χ0v) is 12.7. The second-order valence-electron chi connectivity index (χ2n) is 5.52. The molecule has 0 aliphatic heterocycles. The Morgan fingerprint density at radius 3 is 2.45 bits per heavy atom. The molecule has 0 heterocycles. The largest absolute Gasteiger partial charge is 0.469 e. The first kappa shape index (κ1) is 14.6. The lowest BCUT2D eigenvalue weighted by molar-refractivity contribution is -0.154. The lowest BCUT2D eigenvalue weighted by Crippen LogP contribution is -2.34. The Morgan fingerprint density at radius 2 is 1.73 bits per heavy atom. The Kier molecular flexibility index (Phi) is 3.84. The number of benzene rings is 2. The zero-order chi connectivity index (χ0) is 15.7. The summed E-state index contributed by atoms with van der Waals surface area (Å²) < 4.78 is 9.81. The van der Waals surface area contributed by atoms with E-state index in [0.29, 0.717) is 6.42 Å². The van der Waals surface area contributed by atoms with Gasteiger partial charge in [0.05, 0.1) is 26.1 Å². The Morgan fingerprint density at radius 1 is 1.00 bits per heavy atom. The van der Waals surface area contributed by atoms with Gasteiger partial charge in [-0.05, 0) is 34.7 Å². The number of ether oxygens (including phenoxy) is 2. The van der Waals surface area contributed by atoms with Crippen molar-refractivity contribution in [1.82, 2.24) is 0 Å². The molecule has 0 fully saturated rings. The lowest BCUT2D eigenvalue weighted by Gasteiger charge is -2.30. The standard InChI is InChI=1S/C18H18O4/c1-21-17(19)15-10-9-13-12-6-4-3-5-11(12)7-8-14(13)16(15)18(20)22-2/h3-8,15-16H,9-10H2,1-2H3/t15-,16-/m0/s1. The number of esters is 2. The summed E-state index contributed by atoms with van der Waals surface area (Å²) in [5.74, 6) is -1.81. The van der Waals surface area contributed by atoms with Gasteiger partial charge in [-0.2, -0.15) is 0 Å². The minimum atomic E-state index is -0.592. The molecule has 22 heavy (non-hydrogen) atoms. The summed E-state index contributed by atoms with van der Waals surface area (Å²) in [5.41, 5.74) is 2.01. The summed E-state index contributed by atoms with van der Waals surface area (Å²) in [6.07, 6.45) is 1.34. The van der Waals surface area contributed by atoms with Gasteiger partial charge in [-0.3, -0.25) is 9.59 Å². The van der Waals surface area contributed by atoms with Crippen molar-refractivity contribution in [2.45, 2.75) is 18.8 Å². The monoisotopic (exact) mass is 298 g/mol. The van der Waals surface area contributed by atoms with E-state index in [-0.39, 0.29) is 11.9 Å². The van der Waals surface area contributed by atoms with Gasteiger partial charge in [0, 0.05) is 0 Å². The van der Waals surface area contributed by atoms with Crippen LogP contribution in [-0.4, -0.2) is 26.2 Å². The molecule has 0 aromatic heterocycles. The number of methoxy groups -OCH3 is 2. The summed E-state index contributed by atoms with van der Waals surface area (Å²) in [6, 6.07) is 12.0. The maximum absolute atomic E-state index is 12.3. The van der Waals surface area contributed by atoms with Gasteiger partial charge in [0.1, 0.15) is 0 Å². The van der Waals surface area contributed by atoms with Gasteiger partial charge in [0.2, 0.25) is 0 Å². The van der Waals surface area contributed by atoms with E-state index in [9.17, 15) is 9.59 Å². The molecule has 0 saturated heterocycles. The maximum atomic E-state index is 12.3. The van der Waals surface area contributed by atoms with Crippen LogP contribution in [0.15, 0.2) is 36.4 Å². The van der Waals surface area contributed by atoms with Crippen LogP contribution in [0.2, 0.25) is 0 Å². The predicted octanol–water partition coefficient (Wildman–Crippen LogP) is 2.83. The van der Waals surface area contributed by atoms with E-state index in [2.05, 4.69) is 12.1 Å². The number of hydrogen-bond donors (Lipinski definition) is 0. The van der Waals surface area contributed by atoms with E-state index in [0.717, 1.165) is 28.3 Å². The summed E-state index contributed by atoms with van der Waals surface area (Å²) in [7, 11) is 2.71. The van der Waals surface area contributed by atoms with Crippen LogP contribution >= 0.6 is 0 Å². The molecule has 4 heteroatoms. The van der Waals surface area contributed by atoms with Crippen LogP contribution in [-0.2, 0) is 25.5 Å². The Hall–Kier alpha value is -2.36. The Labute approximate surface area is 129 Å². The van der Waals surface area contributed by atoms with Crippen LogP contribution in [0.1, 0.15) is 23.5 Å². The number of carbonyl (C=O) groups excluding carboxylic acids is 2. The van der Waals surface area contributed by atoms with Crippen LogP contribution < -0.4 is 0 Å². The van der Waals surface area contributed by atoms with Gasteiger partial charge in [0.15, 0.2) is 0 Å². The average Bonchev–Trinajstić information content (AvgIpc) is 2.59. The minimum Gasteiger partial charge on any atom is -0.469 e. The molecule has 0 spiro atoms. The molecule has 0 radical (unpaired) electrons. The number of aryl methyl sites for hydroxylation is 1. The molecular formula is C18H18O4. The van der Waals surface area contributed by atoms with Gasteiger partial charge in [-0.1, -0.05) is 36.4 Å². The van der Waals surface area contributed by atoms with Crippen LogP contribution in [0.5, 0.6) is 0 Å². The van der Waals surface area contributed by atoms with E-state index >= 15 is 0 Å². The van der Waals surface area contributed by atoms with Crippen LogP contribution in [0.4, 0.5) is 0 Å². The molecule has 2 aromatic rings. The SMILES string of the molecule is COC(=O)[C@H]1CCc2c(ccc3ccccc23)[C@@H]1C(=O)OC. The third-order valence-electron chi connectivity index (χ3n) is 4.48. The summed E-state index contributed by atoms with van der Waals surface area (Å²) >= 11 is 0. The summed E-state index contributed by atoms with van der Waals surface area (Å²) in [5, 5.41) is 2.28. The predicted molar refractivity (Wildman–Crippen MR) is 82.5 cm³/mol. The highest BCUT2D eigenvalue weighted by Gasteiger charge is 2.40. The van der Waals surface area contributed by atoms with Gasteiger partial charge < -0.3 is 9.47 Å². The van der Waals surface area contributed by atoms with Crippen molar-refractivity contribution in [2.75, 3.05) is 14.2 Å². The van der Waals surface area contributed by atoms with Crippen molar-refractivity contribution in [3.8, 4) is 0 Å². The number of hydrogen-bond acceptors (Lipinski definition) is 4. The number of rotatable bonds is 2. The highest BCUT2D eigenvalue weighted by molar-refractivity contribution is 5.92. The fraction of sp³-hybridized carbons (Fsp3) is 0.333. The molecule has 1 aliphatic rings. The quantitative estimate of drug-likeness (QED) is 0.800. The molecule has 0 unspecified atom stereocenters. The second-order valence-corrected chi connectivity index (χ2v) is 5.52. The van der Waals surface area contributed by atoms with Crippen molar-refractivity contribution in [1.29, 1.82) is 0 Å². The maximum Gasteiger partial charge on any atom is 0.314 e. The van der Waals surface area contributed by atoms with E-state index in [1.807, 2.05) is 24.3 Å². The minimum absolute atomic E-state index is 0.353. The van der Waals surface area contributed by atoms with Gasteiger partial charge >= 0.3 is 11.9 Å². The van der Waals surface area contributed by atoms with Crippen molar-refractivity contribution in [2.24, 2.45) is 5.92 Å². The van der Waals surface area contributed by atoms with Crippen molar-refractivity contribution in [3.63, 3.8) is 0 Å². The number of carbonyl (C=O) groups is 2. The molecule has 2 aromatic carbocycles. The molecule has 4 nitrogen and oxygen atoms in total. The first-order chi connectivity index (χ1) is 10.7. The Balaban J connectivity index is 2.17. The molecule has 1 aliphatic carbocycles. The summed E-state index contributed by atoms with van der Waals surface area (Å²) in [4.78, 5) is 24.3. The molecular weight excluding hydrogens is 280 g/mol. The van der Waals surface area contributed by atoms with Crippen LogP contribution in [0.3, 0.4) is 0 Å². The molecule has 2 atom stereocenters. The molecule has 0 bridgehead atoms. The summed E-state index contributed by atoms with van der Waals surface area (Å²) in [6.45, 7) is 0. The molecule has 114 valence electrons. The van der Waals surface area contributed by atoms with Crippen molar-refractivity contribution < 1.29 is 19.1 Å². The van der Waals surface area contributed by atoms with E-state index < -0.39 is 11.8 Å². The highest BCUT2D eigenvalue weighted by Crippen LogP contribution is 2.40. The molecule has 0 saturated carbocycles. The zero-order valence-electron chi connectivity index (χ0n) is 12.7. The van der Waals surface area contributed by atoms with Gasteiger partial charge in [-0.25, -0.2) is 0 Å². The van der Waals surface area contributed by atoms with E-state index in [1.54, 1.807) is 0 Å². The first-order valence-electron chi connectivity index (χ1n) is 7.33. The van der Waals surface area contributed by atoms with E-state index in [1.165, 1.54) is 14.2 Å². The average molecular weight is 298 g/mol. The van der Waals surface area contributed by atoms with Crippen LogP contribution in [0, 0.1) is 5.92 Å². The fourth-order valence-electron chi connectivity index (χ4n) is 3.43. The smallest absolute Gasteiger partial charge is 0.314 e. The topological polar surface area (TPSA) is 52.6 Å². The Bertz CT molecular complexity index is 735. The third kappa shape index (κ3) is 2.25. The number of fused-ring (bicyclic) bond motifs is 3. The first-order valence-corrected chi connectivity index (χ1v) is 7.33. The molecule has 0 amide bonds. The third-order valence-corrected chi connectivity index (χ3v) is 4.48. The fourth-order valence-corrected chi connectivity index (χ4v) is 3.43. The van der Waals surface area contributed by atoms with Crippen molar-refractivity contribution >= 4 is 22.7 Å². The van der Waals surface area contributed by atoms with Crippen molar-refractivity contribution in [3.05, 3.63) is 47.5 Å². The molecule has 0 N–H and O–H groups in total. The lowest BCUT2D eigenvalue weighted by atomic mass is 9.73. The van der Waals surface area contributed by atoms with Gasteiger partial charge in [0.25, 0.3) is 0 Å². The highest BCUT2D eigenvalue weighted by atomic mass is 16.5. The molecule has 3 rings (SSSR count). The van der Waals surface area contributed by atoms with Gasteiger partial charge in [-0.15, -0.1) is 0 Å². The normalized spacial score (nSPS) is 20.3.